The van der Waals surface area contributed by atoms with Crippen molar-refractivity contribution < 1.29 is 42.4 Å². The minimum atomic E-state index is -4.40. The van der Waals surface area contributed by atoms with Gasteiger partial charge in [-0.2, -0.15) is 0 Å². The third-order valence-corrected chi connectivity index (χ3v) is 7.08. The lowest BCUT2D eigenvalue weighted by Gasteiger charge is -2.31. The van der Waals surface area contributed by atoms with E-state index < -0.39 is 86.0 Å². The number of H-pyrrole nitrogens is 1. The van der Waals surface area contributed by atoms with Gasteiger partial charge in [-0.25, -0.2) is 19.4 Å². The van der Waals surface area contributed by atoms with Gasteiger partial charge >= 0.3 is 25.3 Å². The van der Waals surface area contributed by atoms with Crippen molar-refractivity contribution in [2.75, 3.05) is 6.61 Å². The summed E-state index contributed by atoms with van der Waals surface area (Å²) < 4.78 is 50.5. The van der Waals surface area contributed by atoms with Crippen LogP contribution in [0.5, 0.6) is 0 Å². The van der Waals surface area contributed by atoms with Crippen LogP contribution in [-0.2, 0) is 32.9 Å². The molecular formula is C21H35FN5O10P. The lowest BCUT2D eigenvalue weighted by molar-refractivity contribution is -0.149. The van der Waals surface area contributed by atoms with Crippen LogP contribution in [0, 0.1) is 0 Å². The van der Waals surface area contributed by atoms with E-state index in [0.717, 1.165) is 16.8 Å². The summed E-state index contributed by atoms with van der Waals surface area (Å²) in [6.45, 7) is 8.10. The summed E-state index contributed by atoms with van der Waals surface area (Å²) >= 11 is 0. The number of alkyl halides is 1. The number of aliphatic hydroxyl groups excluding tert-OH is 1. The molecule has 0 saturated carbocycles. The third-order valence-electron chi connectivity index (χ3n) is 5.13. The van der Waals surface area contributed by atoms with Crippen molar-refractivity contribution in [3.05, 3.63) is 33.1 Å². The van der Waals surface area contributed by atoms with Crippen molar-refractivity contribution in [2.24, 2.45) is 5.73 Å². The molecule has 15 nitrogen and oxygen atoms in total. The summed E-state index contributed by atoms with van der Waals surface area (Å²) in [5.74, 6) is -1.59. The van der Waals surface area contributed by atoms with E-state index in [9.17, 15) is 28.8 Å². The molecular weight excluding hydrogens is 532 g/mol. The van der Waals surface area contributed by atoms with E-state index in [-0.39, 0.29) is 0 Å². The Labute approximate surface area is 217 Å². The molecule has 1 aromatic heterocycles. The van der Waals surface area contributed by atoms with Crippen LogP contribution in [0.3, 0.4) is 0 Å². The second-order valence-corrected chi connectivity index (χ2v) is 11.2. The number of nitrogens with two attached hydrogens (primary N) is 1. The maximum absolute atomic E-state index is 15.1. The predicted molar refractivity (Wildman–Crippen MR) is 130 cm³/mol. The van der Waals surface area contributed by atoms with Gasteiger partial charge in [-0.05, 0) is 41.5 Å². The zero-order valence-electron chi connectivity index (χ0n) is 21.9. The molecule has 1 saturated heterocycles. The van der Waals surface area contributed by atoms with E-state index in [1.165, 1.54) is 13.8 Å². The van der Waals surface area contributed by atoms with Crippen molar-refractivity contribution in [1.29, 1.82) is 0 Å². The number of hydrogen-bond donors (Lipinski definition) is 5. The Morgan fingerprint density at radius 1 is 1.16 bits per heavy atom. The number of hydrogen-bond acceptors (Lipinski definition) is 11. The summed E-state index contributed by atoms with van der Waals surface area (Å²) in [5.41, 5.74) is 1.82. The van der Waals surface area contributed by atoms with Gasteiger partial charge in [0.1, 0.15) is 24.8 Å². The maximum atomic E-state index is 15.1. The normalized spacial score (nSPS) is 25.4. The summed E-state index contributed by atoms with van der Waals surface area (Å²) in [5, 5.41) is 15.2. The van der Waals surface area contributed by atoms with E-state index in [0.29, 0.717) is 0 Å². The first kappa shape index (κ1) is 31.8. The number of rotatable bonds is 12. The van der Waals surface area contributed by atoms with Crippen LogP contribution in [0.25, 0.3) is 0 Å². The number of carbonyl (C=O) groups is 2. The highest BCUT2D eigenvalue weighted by Crippen LogP contribution is 2.43. The van der Waals surface area contributed by atoms with Gasteiger partial charge in [-0.1, -0.05) is 0 Å². The number of aromatic nitrogens is 2. The zero-order chi connectivity index (χ0) is 29.0. The Kier molecular flexibility index (Phi) is 10.5. The molecule has 6 atom stereocenters. The fourth-order valence-corrected chi connectivity index (χ4v) is 5.18. The van der Waals surface area contributed by atoms with Crippen molar-refractivity contribution in [2.45, 2.75) is 90.1 Å². The van der Waals surface area contributed by atoms with Gasteiger partial charge in [0.2, 0.25) is 0 Å². The van der Waals surface area contributed by atoms with Crippen LogP contribution in [-0.4, -0.2) is 75.5 Å². The van der Waals surface area contributed by atoms with Gasteiger partial charge in [0.25, 0.3) is 5.56 Å². The summed E-state index contributed by atoms with van der Waals surface area (Å²) in [4.78, 5) is 50.0. The molecule has 0 amide bonds. The van der Waals surface area contributed by atoms with Crippen LogP contribution in [0.2, 0.25) is 0 Å². The Morgan fingerprint density at radius 3 is 2.11 bits per heavy atom. The van der Waals surface area contributed by atoms with Gasteiger partial charge in [-0.15, -0.1) is 0 Å². The summed E-state index contributed by atoms with van der Waals surface area (Å²) in [6, 6.07) is -1.49. The molecule has 0 unspecified atom stereocenters. The van der Waals surface area contributed by atoms with Crippen molar-refractivity contribution in [3.8, 4) is 0 Å². The number of carbonyl (C=O) groups excluding carboxylic acids is 2. The topological polar surface area (TPSA) is 213 Å². The quantitative estimate of drug-likeness (QED) is 0.158. The molecule has 1 aromatic rings. The lowest BCUT2D eigenvalue weighted by Crippen LogP contribution is -2.53. The van der Waals surface area contributed by atoms with Crippen LogP contribution in [0.15, 0.2) is 21.9 Å². The number of nitrogens with zero attached hydrogens (tertiary/aromatic N) is 1. The smallest absolute Gasteiger partial charge is 0.342 e. The SMILES string of the molecule is CC(C)OC(=O)[C@H](C)NP(=O)(N[C@@H](C)C(=O)OC(C)C)OC[C@@]1(N)O[C@@H](n2ccc(=O)[nH]c2=O)[C@H](O)[C@@H]1F. The van der Waals surface area contributed by atoms with Crippen LogP contribution >= 0.6 is 7.67 Å². The molecule has 17 heteroatoms. The molecule has 2 heterocycles. The van der Waals surface area contributed by atoms with E-state index in [1.807, 2.05) is 4.98 Å². The van der Waals surface area contributed by atoms with E-state index in [1.54, 1.807) is 27.7 Å². The molecule has 0 aliphatic carbocycles. The molecule has 0 radical (unpaired) electrons. The molecule has 0 spiro atoms. The van der Waals surface area contributed by atoms with Gasteiger partial charge in [0.15, 0.2) is 18.1 Å². The maximum Gasteiger partial charge on any atom is 0.342 e. The molecule has 216 valence electrons. The van der Waals surface area contributed by atoms with Gasteiger partial charge < -0.3 is 23.8 Å². The van der Waals surface area contributed by atoms with Gasteiger partial charge in [0, 0.05) is 12.3 Å². The molecule has 1 fully saturated rings. The Balaban J connectivity index is 2.27. The fraction of sp³-hybridized carbons (Fsp3) is 0.714. The Bertz CT molecular complexity index is 1130. The third kappa shape index (κ3) is 8.02. The average Bonchev–Trinajstić information content (AvgIpc) is 3.01. The number of nitrogens with one attached hydrogen (secondary N) is 3. The number of aliphatic hydroxyl groups is 1. The standard InChI is InChI=1S/C21H35FN5O10P/c1-10(2)35-18(30)12(5)25-38(33,26-13(6)19(31)36-11(3)4)34-9-21(23)16(22)15(29)17(37-21)27-8-7-14(28)24-20(27)32/h7-8,10-13,15-17,29H,9,23H2,1-6H3,(H,24,28,32)(H2,25,26,33)/t12-,13-,15+,16-,17+,21+/m0/s1. The second-order valence-electron chi connectivity index (χ2n) is 9.37. The van der Waals surface area contributed by atoms with Crippen molar-refractivity contribution in [3.63, 3.8) is 0 Å². The molecule has 2 rings (SSSR count). The number of ether oxygens (including phenoxy) is 3. The summed E-state index contributed by atoms with van der Waals surface area (Å²) in [7, 11) is -4.40. The van der Waals surface area contributed by atoms with Crippen molar-refractivity contribution >= 4 is 19.6 Å². The van der Waals surface area contributed by atoms with Crippen LogP contribution in [0.1, 0.15) is 47.8 Å². The van der Waals surface area contributed by atoms with Crippen LogP contribution in [0.4, 0.5) is 4.39 Å². The highest BCUT2D eigenvalue weighted by atomic mass is 31.2. The Morgan fingerprint density at radius 2 is 1.66 bits per heavy atom. The van der Waals surface area contributed by atoms with Gasteiger partial charge in [0.05, 0.1) is 12.2 Å². The molecule has 0 bridgehead atoms. The van der Waals surface area contributed by atoms with Gasteiger partial charge in [-0.3, -0.25) is 34.2 Å². The molecule has 38 heavy (non-hydrogen) atoms. The fourth-order valence-electron chi connectivity index (χ4n) is 3.34. The average molecular weight is 568 g/mol. The summed E-state index contributed by atoms with van der Waals surface area (Å²) in [6.07, 6.45) is -5.99. The highest BCUT2D eigenvalue weighted by Gasteiger charge is 2.55. The molecule has 0 aromatic carbocycles. The molecule has 1 aliphatic rings. The zero-order valence-corrected chi connectivity index (χ0v) is 22.8. The first-order valence-corrected chi connectivity index (χ1v) is 13.4. The first-order chi connectivity index (χ1) is 17.5. The minimum absolute atomic E-state index is 0.485. The van der Waals surface area contributed by atoms with E-state index in [4.69, 9.17) is 24.5 Å². The lowest BCUT2D eigenvalue weighted by atomic mass is 10.1. The predicted octanol–water partition coefficient (Wildman–Crippen LogP) is -0.596. The molecule has 6 N–H and O–H groups in total. The second kappa shape index (κ2) is 12.6. The Hall–Kier alpha value is -2.46. The number of aromatic amines is 1. The van der Waals surface area contributed by atoms with E-state index in [2.05, 4.69) is 10.2 Å². The number of halogens is 1. The minimum Gasteiger partial charge on any atom is -0.462 e. The monoisotopic (exact) mass is 567 g/mol. The van der Waals surface area contributed by atoms with Crippen molar-refractivity contribution in [1.82, 2.24) is 19.7 Å². The van der Waals surface area contributed by atoms with E-state index >= 15 is 4.39 Å². The molecule has 1 aliphatic heterocycles. The highest BCUT2D eigenvalue weighted by molar-refractivity contribution is 7.54. The number of esters is 2. The van der Waals surface area contributed by atoms with Crippen LogP contribution < -0.4 is 27.2 Å². The first-order valence-electron chi connectivity index (χ1n) is 11.8. The largest absolute Gasteiger partial charge is 0.462 e.